The maximum absolute atomic E-state index is 13.1. The number of H-pyrrole nitrogens is 1. The molecule has 0 fully saturated rings. The lowest BCUT2D eigenvalue weighted by Crippen LogP contribution is -2.25. The van der Waals surface area contributed by atoms with Crippen molar-refractivity contribution < 1.29 is 13.2 Å². The second-order valence-corrected chi connectivity index (χ2v) is 7.32. The van der Waals surface area contributed by atoms with Crippen molar-refractivity contribution >= 4 is 26.7 Å². The lowest BCUT2D eigenvalue weighted by atomic mass is 10.1. The van der Waals surface area contributed by atoms with Crippen molar-refractivity contribution in [3.05, 3.63) is 51.9 Å². The summed E-state index contributed by atoms with van der Waals surface area (Å²) in [5.74, 6) is 0.190. The van der Waals surface area contributed by atoms with Crippen LogP contribution in [0, 0.1) is 13.8 Å². The molecule has 8 heteroatoms. The minimum atomic E-state index is -4.14. The number of hydrogen-bond donors (Lipinski definition) is 2. The first kappa shape index (κ1) is 16.1. The Bertz CT molecular complexity index is 1110. The van der Waals surface area contributed by atoms with Crippen LogP contribution in [-0.4, -0.2) is 24.5 Å². The van der Waals surface area contributed by atoms with Gasteiger partial charge in [0.05, 0.1) is 18.1 Å². The van der Waals surface area contributed by atoms with Gasteiger partial charge in [0.2, 0.25) is 0 Å². The quantitative estimate of drug-likeness (QED) is 0.702. The second kappa shape index (κ2) is 5.41. The van der Waals surface area contributed by atoms with Crippen LogP contribution < -0.4 is 16.2 Å². The van der Waals surface area contributed by atoms with Crippen LogP contribution in [0.15, 0.2) is 40.0 Å². The molecule has 0 saturated carbocycles. The van der Waals surface area contributed by atoms with E-state index in [9.17, 15) is 13.2 Å². The van der Waals surface area contributed by atoms with E-state index in [1.165, 1.54) is 25.3 Å². The van der Waals surface area contributed by atoms with Crippen molar-refractivity contribution in [2.45, 2.75) is 18.7 Å². The first-order valence-electron chi connectivity index (χ1n) is 7.17. The first-order chi connectivity index (χ1) is 11.3. The summed E-state index contributed by atoms with van der Waals surface area (Å²) in [4.78, 5) is 14.7. The SMILES string of the molecule is COc1cc(C)c(C)cc1S(=O)(=O)n1c(=O)[nH]c2cc(N)ccc21. The highest BCUT2D eigenvalue weighted by molar-refractivity contribution is 7.90. The van der Waals surface area contributed by atoms with E-state index in [1.54, 1.807) is 19.1 Å². The lowest BCUT2D eigenvalue weighted by molar-refractivity contribution is 0.402. The molecular formula is C16H17N3O4S. The standard InChI is InChI=1S/C16H17N3O4S/c1-9-6-14(23-3)15(7-10(9)2)24(21,22)19-13-5-4-11(17)8-12(13)18-16(19)20/h4-8H,17H2,1-3H3,(H,18,20). The van der Waals surface area contributed by atoms with Gasteiger partial charge in [0.15, 0.2) is 0 Å². The van der Waals surface area contributed by atoms with E-state index in [2.05, 4.69) is 4.98 Å². The number of imidazole rings is 1. The van der Waals surface area contributed by atoms with Crippen molar-refractivity contribution in [1.29, 1.82) is 0 Å². The third-order valence-electron chi connectivity index (χ3n) is 3.96. The number of nitrogen functional groups attached to an aromatic ring is 1. The average molecular weight is 347 g/mol. The minimum Gasteiger partial charge on any atom is -0.495 e. The van der Waals surface area contributed by atoms with Crippen LogP contribution in [0.1, 0.15) is 11.1 Å². The predicted octanol–water partition coefficient (Wildman–Crippen LogP) is 1.77. The fourth-order valence-electron chi connectivity index (χ4n) is 2.57. The Morgan fingerprint density at radius 2 is 1.79 bits per heavy atom. The number of ether oxygens (including phenoxy) is 1. The van der Waals surface area contributed by atoms with Crippen LogP contribution in [0.2, 0.25) is 0 Å². The molecule has 0 amide bonds. The summed E-state index contributed by atoms with van der Waals surface area (Å²) in [5, 5.41) is 0. The molecule has 126 valence electrons. The minimum absolute atomic E-state index is 0.0621. The summed E-state index contributed by atoms with van der Waals surface area (Å²) >= 11 is 0. The molecule has 1 heterocycles. The molecule has 0 unspecified atom stereocenters. The zero-order valence-electron chi connectivity index (χ0n) is 13.5. The van der Waals surface area contributed by atoms with Crippen LogP contribution in [-0.2, 0) is 10.0 Å². The Kier molecular flexibility index (Phi) is 3.64. The van der Waals surface area contributed by atoms with Gasteiger partial charge in [-0.15, -0.1) is 0 Å². The van der Waals surface area contributed by atoms with Crippen molar-refractivity contribution in [1.82, 2.24) is 8.96 Å². The molecular weight excluding hydrogens is 330 g/mol. The molecule has 3 N–H and O–H groups in total. The Labute approximate surface area is 138 Å². The van der Waals surface area contributed by atoms with Crippen LogP contribution in [0.3, 0.4) is 0 Å². The van der Waals surface area contributed by atoms with Gasteiger partial charge in [-0.05, 0) is 55.3 Å². The molecule has 0 bridgehead atoms. The molecule has 3 rings (SSSR count). The number of anilines is 1. The number of benzene rings is 2. The number of methoxy groups -OCH3 is 1. The molecule has 0 spiro atoms. The fourth-order valence-corrected chi connectivity index (χ4v) is 4.17. The zero-order valence-corrected chi connectivity index (χ0v) is 14.3. The number of hydrogen-bond acceptors (Lipinski definition) is 5. The molecule has 1 aromatic heterocycles. The molecule has 0 radical (unpaired) electrons. The Morgan fingerprint density at radius 3 is 2.46 bits per heavy atom. The number of aryl methyl sites for hydroxylation is 2. The summed E-state index contributed by atoms with van der Waals surface area (Å²) in [6, 6.07) is 7.69. The Hall–Kier alpha value is -2.74. The summed E-state index contributed by atoms with van der Waals surface area (Å²) < 4.78 is 32.1. The van der Waals surface area contributed by atoms with Gasteiger partial charge in [-0.3, -0.25) is 0 Å². The molecule has 0 saturated heterocycles. The fraction of sp³-hybridized carbons (Fsp3) is 0.188. The number of fused-ring (bicyclic) bond motifs is 1. The van der Waals surface area contributed by atoms with Gasteiger partial charge in [0, 0.05) is 5.69 Å². The maximum Gasteiger partial charge on any atom is 0.340 e. The first-order valence-corrected chi connectivity index (χ1v) is 8.61. The molecule has 0 atom stereocenters. The van der Waals surface area contributed by atoms with Crippen molar-refractivity contribution in [2.24, 2.45) is 0 Å². The molecule has 0 aliphatic rings. The highest BCUT2D eigenvalue weighted by atomic mass is 32.2. The number of nitrogens with one attached hydrogen (secondary N) is 1. The van der Waals surface area contributed by atoms with Crippen molar-refractivity contribution in [2.75, 3.05) is 12.8 Å². The van der Waals surface area contributed by atoms with Gasteiger partial charge >= 0.3 is 5.69 Å². The van der Waals surface area contributed by atoms with Crippen LogP contribution in [0.25, 0.3) is 11.0 Å². The highest BCUT2D eigenvalue weighted by Crippen LogP contribution is 2.30. The van der Waals surface area contributed by atoms with Crippen molar-refractivity contribution in [3.8, 4) is 5.75 Å². The lowest BCUT2D eigenvalue weighted by Gasteiger charge is -2.13. The third kappa shape index (κ3) is 2.35. The molecule has 3 aromatic rings. The van der Waals surface area contributed by atoms with E-state index in [0.29, 0.717) is 11.2 Å². The number of rotatable bonds is 3. The van der Waals surface area contributed by atoms with E-state index in [4.69, 9.17) is 10.5 Å². The summed E-state index contributed by atoms with van der Waals surface area (Å²) in [7, 11) is -2.75. The third-order valence-corrected chi connectivity index (χ3v) is 5.68. The van der Waals surface area contributed by atoms with Gasteiger partial charge in [-0.2, -0.15) is 3.97 Å². The molecule has 0 aliphatic carbocycles. The Morgan fingerprint density at radius 1 is 1.12 bits per heavy atom. The normalized spacial score (nSPS) is 11.8. The van der Waals surface area contributed by atoms with E-state index in [1.807, 2.05) is 6.92 Å². The smallest absolute Gasteiger partial charge is 0.340 e. The summed E-state index contributed by atoms with van der Waals surface area (Å²) in [6.45, 7) is 3.65. The van der Waals surface area contributed by atoms with Crippen LogP contribution in [0.4, 0.5) is 5.69 Å². The summed E-state index contributed by atoms with van der Waals surface area (Å²) in [6.07, 6.45) is 0. The largest absolute Gasteiger partial charge is 0.495 e. The van der Waals surface area contributed by atoms with Gasteiger partial charge in [-0.1, -0.05) is 0 Å². The maximum atomic E-state index is 13.1. The monoisotopic (exact) mass is 347 g/mol. The van der Waals surface area contributed by atoms with Gasteiger partial charge in [-0.25, -0.2) is 13.2 Å². The number of nitrogens with zero attached hydrogens (tertiary/aromatic N) is 1. The van der Waals surface area contributed by atoms with Crippen molar-refractivity contribution in [3.63, 3.8) is 0 Å². The number of aromatic amines is 1. The average Bonchev–Trinajstić information content (AvgIpc) is 2.84. The molecule has 2 aromatic carbocycles. The second-order valence-electron chi connectivity index (χ2n) is 5.56. The van der Waals surface area contributed by atoms with E-state index < -0.39 is 15.7 Å². The Balaban J connectivity index is 2.36. The van der Waals surface area contributed by atoms with Crippen LogP contribution >= 0.6 is 0 Å². The summed E-state index contributed by atoms with van der Waals surface area (Å²) in [5.41, 5.74) is 7.62. The predicted molar refractivity (Wildman–Crippen MR) is 92.0 cm³/mol. The molecule has 0 aliphatic heterocycles. The van der Waals surface area contributed by atoms with E-state index >= 15 is 0 Å². The number of nitrogens with two attached hydrogens (primary N) is 1. The van der Waals surface area contributed by atoms with Crippen LogP contribution in [0.5, 0.6) is 5.75 Å². The van der Waals surface area contributed by atoms with Gasteiger partial charge < -0.3 is 15.5 Å². The zero-order chi connectivity index (χ0) is 17.6. The van der Waals surface area contributed by atoms with E-state index in [-0.39, 0.29) is 16.2 Å². The molecule has 24 heavy (non-hydrogen) atoms. The highest BCUT2D eigenvalue weighted by Gasteiger charge is 2.27. The van der Waals surface area contributed by atoms with Gasteiger partial charge in [0.25, 0.3) is 10.0 Å². The number of aromatic nitrogens is 2. The van der Waals surface area contributed by atoms with E-state index in [0.717, 1.165) is 15.1 Å². The van der Waals surface area contributed by atoms with Gasteiger partial charge in [0.1, 0.15) is 10.6 Å². The topological polar surface area (TPSA) is 107 Å². The molecule has 7 nitrogen and oxygen atoms in total.